The molecule has 0 atom stereocenters. The SMILES string of the molecule is Cc1ccc(S(=O)(=O)OC/C=C/c2cccc(C(F)(F)F)c2)cc1. The molecule has 0 aliphatic heterocycles. The highest BCUT2D eigenvalue weighted by Crippen LogP contribution is 2.29. The van der Waals surface area contributed by atoms with Gasteiger partial charge in [0.15, 0.2) is 0 Å². The van der Waals surface area contributed by atoms with E-state index in [1.165, 1.54) is 36.4 Å². The van der Waals surface area contributed by atoms with Crippen molar-refractivity contribution in [2.75, 3.05) is 6.61 Å². The van der Waals surface area contributed by atoms with Gasteiger partial charge in [0.1, 0.15) is 0 Å². The summed E-state index contributed by atoms with van der Waals surface area (Å²) in [7, 11) is -3.89. The Morgan fingerprint density at radius 3 is 2.38 bits per heavy atom. The maximum absolute atomic E-state index is 12.6. The second-order valence-electron chi connectivity index (χ2n) is 5.08. The average molecular weight is 356 g/mol. The average Bonchev–Trinajstić information content (AvgIpc) is 2.51. The molecule has 2 aromatic rings. The maximum Gasteiger partial charge on any atom is 0.416 e. The van der Waals surface area contributed by atoms with E-state index in [1.807, 2.05) is 6.92 Å². The number of aryl methyl sites for hydroxylation is 1. The normalized spacial score (nSPS) is 12.7. The van der Waals surface area contributed by atoms with Gasteiger partial charge in [-0.05, 0) is 36.8 Å². The number of benzene rings is 2. The molecule has 2 aromatic carbocycles. The summed E-state index contributed by atoms with van der Waals surface area (Å²) >= 11 is 0. The van der Waals surface area contributed by atoms with Crippen LogP contribution in [0.5, 0.6) is 0 Å². The van der Waals surface area contributed by atoms with Crippen molar-refractivity contribution < 1.29 is 25.8 Å². The van der Waals surface area contributed by atoms with Gasteiger partial charge in [-0.3, -0.25) is 4.18 Å². The minimum absolute atomic E-state index is 0.0283. The number of halogens is 3. The monoisotopic (exact) mass is 356 g/mol. The van der Waals surface area contributed by atoms with Crippen LogP contribution in [-0.2, 0) is 20.5 Å². The van der Waals surface area contributed by atoms with Crippen LogP contribution in [-0.4, -0.2) is 15.0 Å². The van der Waals surface area contributed by atoms with Crippen molar-refractivity contribution in [2.45, 2.75) is 18.0 Å². The van der Waals surface area contributed by atoms with E-state index in [4.69, 9.17) is 4.18 Å². The fourth-order valence-corrected chi connectivity index (χ4v) is 2.77. The van der Waals surface area contributed by atoms with Crippen LogP contribution in [0.3, 0.4) is 0 Å². The summed E-state index contributed by atoms with van der Waals surface area (Å²) in [6.45, 7) is 1.56. The quantitative estimate of drug-likeness (QED) is 0.744. The lowest BCUT2D eigenvalue weighted by Crippen LogP contribution is -2.06. The zero-order chi connectivity index (χ0) is 17.8. The molecule has 0 saturated heterocycles. The van der Waals surface area contributed by atoms with Crippen LogP contribution in [0.1, 0.15) is 16.7 Å². The van der Waals surface area contributed by atoms with Crippen molar-refractivity contribution in [2.24, 2.45) is 0 Å². The number of hydrogen-bond donors (Lipinski definition) is 0. The predicted octanol–water partition coefficient (Wildman–Crippen LogP) is 4.43. The van der Waals surface area contributed by atoms with E-state index in [-0.39, 0.29) is 11.5 Å². The molecule has 7 heteroatoms. The van der Waals surface area contributed by atoms with Gasteiger partial charge in [-0.25, -0.2) is 0 Å². The summed E-state index contributed by atoms with van der Waals surface area (Å²) in [4.78, 5) is 0.0283. The van der Waals surface area contributed by atoms with Gasteiger partial charge in [-0.1, -0.05) is 42.0 Å². The first-order chi connectivity index (χ1) is 11.2. The Bertz CT molecular complexity index is 823. The first-order valence-electron chi connectivity index (χ1n) is 6.98. The summed E-state index contributed by atoms with van der Waals surface area (Å²) in [6.07, 6.45) is -1.70. The van der Waals surface area contributed by atoms with Gasteiger partial charge in [-0.15, -0.1) is 0 Å². The van der Waals surface area contributed by atoms with Crippen molar-refractivity contribution in [3.05, 3.63) is 71.3 Å². The van der Waals surface area contributed by atoms with E-state index in [0.717, 1.165) is 17.7 Å². The van der Waals surface area contributed by atoms with E-state index < -0.39 is 21.9 Å². The molecule has 128 valence electrons. The Morgan fingerprint density at radius 2 is 1.75 bits per heavy atom. The van der Waals surface area contributed by atoms with Gasteiger partial charge in [0.2, 0.25) is 0 Å². The molecule has 3 nitrogen and oxygen atoms in total. The molecular formula is C17H15F3O3S. The van der Waals surface area contributed by atoms with Crippen molar-refractivity contribution in [3.8, 4) is 0 Å². The van der Waals surface area contributed by atoms with Crippen molar-refractivity contribution in [3.63, 3.8) is 0 Å². The van der Waals surface area contributed by atoms with Gasteiger partial charge in [0, 0.05) is 0 Å². The molecule has 0 fully saturated rings. The zero-order valence-electron chi connectivity index (χ0n) is 12.7. The van der Waals surface area contributed by atoms with Crippen LogP contribution >= 0.6 is 0 Å². The Hall–Kier alpha value is -2.12. The molecule has 0 aliphatic carbocycles. The molecule has 0 bridgehead atoms. The summed E-state index contributed by atoms with van der Waals surface area (Å²) in [5.41, 5.74) is 0.456. The summed E-state index contributed by atoms with van der Waals surface area (Å²) < 4.78 is 66.5. The molecule has 0 heterocycles. The second-order valence-corrected chi connectivity index (χ2v) is 6.69. The largest absolute Gasteiger partial charge is 0.416 e. The van der Waals surface area contributed by atoms with Crippen molar-refractivity contribution in [1.82, 2.24) is 0 Å². The molecule has 0 spiro atoms. The number of rotatable bonds is 5. The summed E-state index contributed by atoms with van der Waals surface area (Å²) in [6, 6.07) is 10.9. The maximum atomic E-state index is 12.6. The van der Waals surface area contributed by atoms with Gasteiger partial charge < -0.3 is 0 Å². The first-order valence-corrected chi connectivity index (χ1v) is 8.39. The molecule has 0 saturated carbocycles. The molecule has 0 unspecified atom stereocenters. The fraction of sp³-hybridized carbons (Fsp3) is 0.176. The fourth-order valence-electron chi connectivity index (χ4n) is 1.90. The Labute approximate surface area is 138 Å². The van der Waals surface area contributed by atoms with E-state index >= 15 is 0 Å². The third kappa shape index (κ3) is 4.94. The van der Waals surface area contributed by atoms with Crippen LogP contribution in [0, 0.1) is 6.92 Å². The Balaban J connectivity index is 2.01. The Kier molecular flexibility index (Phi) is 5.46. The molecule has 0 N–H and O–H groups in total. The number of alkyl halides is 3. The third-order valence-electron chi connectivity index (χ3n) is 3.15. The van der Waals surface area contributed by atoms with Gasteiger partial charge >= 0.3 is 6.18 Å². The first kappa shape index (κ1) is 18.2. The lowest BCUT2D eigenvalue weighted by Gasteiger charge is -2.06. The molecule has 0 aromatic heterocycles. The van der Waals surface area contributed by atoms with Crippen LogP contribution in [0.25, 0.3) is 6.08 Å². The third-order valence-corrected chi connectivity index (χ3v) is 4.45. The standard InChI is InChI=1S/C17H15F3O3S/c1-13-7-9-16(10-8-13)24(21,22)23-11-3-5-14-4-2-6-15(12-14)17(18,19)20/h2-10,12H,11H2,1H3/b5-3+. The van der Waals surface area contributed by atoms with E-state index in [9.17, 15) is 21.6 Å². The van der Waals surface area contributed by atoms with Gasteiger partial charge in [0.05, 0.1) is 17.1 Å². The highest BCUT2D eigenvalue weighted by Gasteiger charge is 2.30. The van der Waals surface area contributed by atoms with Crippen molar-refractivity contribution in [1.29, 1.82) is 0 Å². The van der Waals surface area contributed by atoms with Gasteiger partial charge in [0.25, 0.3) is 10.1 Å². The van der Waals surface area contributed by atoms with E-state index in [1.54, 1.807) is 12.1 Å². The Morgan fingerprint density at radius 1 is 1.08 bits per heavy atom. The van der Waals surface area contributed by atoms with E-state index in [0.29, 0.717) is 5.56 Å². The minimum Gasteiger partial charge on any atom is -0.262 e. The molecular weight excluding hydrogens is 341 g/mol. The molecule has 0 aliphatic rings. The van der Waals surface area contributed by atoms with Gasteiger partial charge in [-0.2, -0.15) is 21.6 Å². The van der Waals surface area contributed by atoms with Crippen LogP contribution in [0.4, 0.5) is 13.2 Å². The molecule has 0 amide bonds. The zero-order valence-corrected chi connectivity index (χ0v) is 13.6. The lowest BCUT2D eigenvalue weighted by atomic mass is 10.1. The van der Waals surface area contributed by atoms with Crippen LogP contribution in [0.2, 0.25) is 0 Å². The summed E-state index contributed by atoms with van der Waals surface area (Å²) in [5, 5.41) is 0. The molecule has 24 heavy (non-hydrogen) atoms. The highest BCUT2D eigenvalue weighted by atomic mass is 32.2. The minimum atomic E-state index is -4.42. The topological polar surface area (TPSA) is 43.4 Å². The van der Waals surface area contributed by atoms with Crippen LogP contribution < -0.4 is 0 Å². The predicted molar refractivity (Wildman–Crippen MR) is 84.8 cm³/mol. The summed E-state index contributed by atoms with van der Waals surface area (Å²) in [5.74, 6) is 0. The van der Waals surface area contributed by atoms with Crippen molar-refractivity contribution >= 4 is 16.2 Å². The highest BCUT2D eigenvalue weighted by molar-refractivity contribution is 7.86. The smallest absolute Gasteiger partial charge is 0.262 e. The molecule has 2 rings (SSSR count). The van der Waals surface area contributed by atoms with Crippen LogP contribution in [0.15, 0.2) is 59.5 Å². The van der Waals surface area contributed by atoms with E-state index in [2.05, 4.69) is 0 Å². The molecule has 0 radical (unpaired) electrons. The lowest BCUT2D eigenvalue weighted by molar-refractivity contribution is -0.137. The number of hydrogen-bond acceptors (Lipinski definition) is 3. The second kappa shape index (κ2) is 7.19.